The van der Waals surface area contributed by atoms with E-state index in [0.717, 1.165) is 29.2 Å². The molecule has 0 aliphatic heterocycles. The van der Waals surface area contributed by atoms with Gasteiger partial charge in [-0.1, -0.05) is 137 Å². The zero-order valence-electron chi connectivity index (χ0n) is 34.5. The molecule has 10 nitrogen and oxygen atoms in total. The van der Waals surface area contributed by atoms with E-state index >= 15 is 0 Å². The highest BCUT2D eigenvalue weighted by atomic mass is 16.5. The van der Waals surface area contributed by atoms with Crippen LogP contribution in [0.15, 0.2) is 109 Å². The number of rotatable bonds is 14. The molecular formula is C46H61NO9. The molecule has 0 radical (unpaired) electrons. The second-order valence-electron chi connectivity index (χ2n) is 11.8. The van der Waals surface area contributed by atoms with Gasteiger partial charge in [-0.25, -0.2) is 19.2 Å². The van der Waals surface area contributed by atoms with Crippen molar-refractivity contribution in [2.75, 3.05) is 19.6 Å². The maximum Gasteiger partial charge on any atom is 0.384 e. The van der Waals surface area contributed by atoms with Crippen LogP contribution in [0.5, 0.6) is 0 Å². The van der Waals surface area contributed by atoms with Crippen molar-refractivity contribution in [2.45, 2.75) is 94.2 Å². The number of esters is 3. The lowest BCUT2D eigenvalue weighted by Gasteiger charge is -2.13. The third-order valence-corrected chi connectivity index (χ3v) is 6.87. The zero-order valence-corrected chi connectivity index (χ0v) is 34.5. The first kappa shape index (κ1) is 52.4. The molecule has 3 atom stereocenters. The highest BCUT2D eigenvalue weighted by Crippen LogP contribution is 2.02. The summed E-state index contributed by atoms with van der Waals surface area (Å²) in [6.45, 7) is 21.3. The van der Waals surface area contributed by atoms with Crippen molar-refractivity contribution in [1.82, 2.24) is 4.90 Å². The first-order valence-corrected chi connectivity index (χ1v) is 18.6. The Bertz CT molecular complexity index is 1630. The lowest BCUT2D eigenvalue weighted by Crippen LogP contribution is -2.21. The van der Waals surface area contributed by atoms with Crippen LogP contribution >= 0.6 is 0 Å². The molecule has 0 saturated carbocycles. The fourth-order valence-electron chi connectivity index (χ4n) is 3.95. The van der Waals surface area contributed by atoms with E-state index < -0.39 is 36.1 Å². The number of benzene rings is 2. The fraction of sp³-hybridized carbons (Fsp3) is 0.391. The van der Waals surface area contributed by atoms with Gasteiger partial charge >= 0.3 is 23.9 Å². The van der Waals surface area contributed by atoms with Crippen LogP contribution in [0.4, 0.5) is 0 Å². The number of carbonyl (C=O) groups is 4. The molecule has 56 heavy (non-hydrogen) atoms. The quantitative estimate of drug-likeness (QED) is 0.0371. The number of carboxylic acid groups (broad SMARTS) is 1. The van der Waals surface area contributed by atoms with E-state index in [9.17, 15) is 19.2 Å². The summed E-state index contributed by atoms with van der Waals surface area (Å²) in [5.41, 5.74) is 2.77. The van der Waals surface area contributed by atoms with Gasteiger partial charge in [-0.2, -0.15) is 0 Å². The number of aliphatic hydroxyl groups is 1. The van der Waals surface area contributed by atoms with E-state index in [2.05, 4.69) is 49.4 Å². The number of aliphatic carboxylic acids is 1. The number of allylic oxidation sites excluding steroid dienone is 6. The molecule has 0 aliphatic carbocycles. The highest BCUT2D eigenvalue weighted by Gasteiger charge is 2.05. The van der Waals surface area contributed by atoms with Gasteiger partial charge in [0, 0.05) is 24.0 Å². The van der Waals surface area contributed by atoms with E-state index in [4.69, 9.17) is 24.4 Å². The van der Waals surface area contributed by atoms with Crippen molar-refractivity contribution in [3.05, 3.63) is 120 Å². The maximum absolute atomic E-state index is 11.6. The second kappa shape index (κ2) is 35.0. The molecule has 0 aromatic heterocycles. The Morgan fingerprint density at radius 1 is 0.732 bits per heavy atom. The summed E-state index contributed by atoms with van der Waals surface area (Å²) in [5.74, 6) is 6.91. The highest BCUT2D eigenvalue weighted by molar-refractivity contribution is 5.89. The number of aliphatic hydroxyl groups excluding tert-OH is 1. The summed E-state index contributed by atoms with van der Waals surface area (Å²) in [6.07, 6.45) is 11.0. The van der Waals surface area contributed by atoms with E-state index in [-0.39, 0.29) is 19.1 Å². The Morgan fingerprint density at radius 3 is 1.61 bits per heavy atom. The molecule has 0 bridgehead atoms. The topological polar surface area (TPSA) is 140 Å². The van der Waals surface area contributed by atoms with Gasteiger partial charge in [0.1, 0.15) is 19.3 Å². The SMILES string of the molecule is C/C=C\C(C)/C=C/C(=O)O.CC/C=C(C)/C=C/C(=O)O[C@H](C)C#CC(=O)OCc1ccccc1.CCN(CC)CC.C[C@@H](O)C#CC(=O)OCc1ccccc1. The van der Waals surface area contributed by atoms with Crippen LogP contribution in [0, 0.1) is 29.6 Å². The van der Waals surface area contributed by atoms with Gasteiger partial charge in [0.25, 0.3) is 0 Å². The lowest BCUT2D eigenvalue weighted by atomic mass is 10.1. The second-order valence-corrected chi connectivity index (χ2v) is 11.8. The summed E-state index contributed by atoms with van der Waals surface area (Å²) >= 11 is 0. The first-order chi connectivity index (χ1) is 26.7. The molecule has 0 aliphatic rings. The van der Waals surface area contributed by atoms with E-state index in [1.54, 1.807) is 19.1 Å². The lowest BCUT2D eigenvalue weighted by molar-refractivity contribution is -0.140. The third kappa shape index (κ3) is 34.1. The third-order valence-electron chi connectivity index (χ3n) is 6.87. The van der Waals surface area contributed by atoms with Crippen LogP contribution in [0.3, 0.4) is 0 Å². The summed E-state index contributed by atoms with van der Waals surface area (Å²) in [5, 5.41) is 17.0. The number of carboxylic acids is 1. The number of ether oxygens (including phenoxy) is 3. The Morgan fingerprint density at radius 2 is 1.21 bits per heavy atom. The minimum Gasteiger partial charge on any atom is -0.478 e. The largest absolute Gasteiger partial charge is 0.478 e. The molecule has 0 fully saturated rings. The number of hydrogen-bond acceptors (Lipinski definition) is 9. The maximum atomic E-state index is 11.6. The van der Waals surface area contributed by atoms with Gasteiger partial charge < -0.3 is 29.3 Å². The van der Waals surface area contributed by atoms with E-state index in [0.29, 0.717) is 0 Å². The van der Waals surface area contributed by atoms with Crippen molar-refractivity contribution in [2.24, 2.45) is 5.92 Å². The van der Waals surface area contributed by atoms with Crippen molar-refractivity contribution in [1.29, 1.82) is 0 Å². The van der Waals surface area contributed by atoms with Gasteiger partial charge in [-0.05, 0) is 76.7 Å². The predicted octanol–water partition coefficient (Wildman–Crippen LogP) is 7.88. The Labute approximate surface area is 334 Å². The van der Waals surface area contributed by atoms with Crippen LogP contribution < -0.4 is 0 Å². The molecule has 1 unspecified atom stereocenters. The van der Waals surface area contributed by atoms with Crippen LogP contribution in [0.2, 0.25) is 0 Å². The Hall–Kier alpha value is -5.68. The molecule has 2 aromatic carbocycles. The number of nitrogens with zero attached hydrogens (tertiary/aromatic N) is 1. The monoisotopic (exact) mass is 771 g/mol. The minimum absolute atomic E-state index is 0.161. The summed E-state index contributed by atoms with van der Waals surface area (Å²) in [4.78, 5) is 46.5. The molecule has 0 amide bonds. The molecule has 0 heterocycles. The predicted molar refractivity (Wildman–Crippen MR) is 223 cm³/mol. The molecule has 2 aromatic rings. The van der Waals surface area contributed by atoms with Crippen LogP contribution in [0.25, 0.3) is 0 Å². The van der Waals surface area contributed by atoms with Crippen molar-refractivity contribution in [3.8, 4) is 23.7 Å². The molecule has 0 saturated heterocycles. The average molecular weight is 772 g/mol. The standard InChI is InChI=1S/C20H22O4.C12H12O3.C8H12O2.C6H15N/c1-4-8-16(2)11-13-20(22)24-17(3)12-14-19(21)23-15-18-9-6-5-7-10-18;1-10(13)7-8-12(14)15-9-11-5-3-2-4-6-11;1-3-4-7(2)5-6-8(9)10;1-4-7(5-2)6-3/h5-11,13,17H,4,15H2,1-3H3;2-6,10,13H,9H2,1H3;3-7H,1-2H3,(H,9,10);4-6H2,1-3H3/b13-11+,16-8+;;4-3-,6-5+;/t17-;10-;;/m11../s1. The van der Waals surface area contributed by atoms with Crippen molar-refractivity contribution >= 4 is 23.9 Å². The average Bonchev–Trinajstić information content (AvgIpc) is 3.18. The van der Waals surface area contributed by atoms with Gasteiger partial charge in [-0.15, -0.1) is 0 Å². The van der Waals surface area contributed by atoms with Gasteiger partial charge in [-0.3, -0.25) is 0 Å². The number of hydrogen-bond donors (Lipinski definition) is 2. The first-order valence-electron chi connectivity index (χ1n) is 18.6. The number of carbonyl (C=O) groups excluding carboxylic acids is 3. The van der Waals surface area contributed by atoms with Gasteiger partial charge in [0.15, 0.2) is 6.10 Å². The summed E-state index contributed by atoms with van der Waals surface area (Å²) in [6, 6.07) is 18.6. The smallest absolute Gasteiger partial charge is 0.384 e. The molecule has 2 rings (SSSR count). The van der Waals surface area contributed by atoms with Gasteiger partial charge in [0.05, 0.1) is 0 Å². The zero-order chi connectivity index (χ0) is 42.6. The summed E-state index contributed by atoms with van der Waals surface area (Å²) < 4.78 is 14.9. The normalized spacial score (nSPS) is 12.1. The van der Waals surface area contributed by atoms with Crippen LogP contribution in [-0.2, 0) is 46.6 Å². The Kier molecular flexibility index (Phi) is 32.8. The van der Waals surface area contributed by atoms with E-state index in [1.807, 2.05) is 107 Å². The minimum atomic E-state index is -0.892. The van der Waals surface area contributed by atoms with Gasteiger partial charge in [0.2, 0.25) is 0 Å². The summed E-state index contributed by atoms with van der Waals surface area (Å²) in [7, 11) is 0. The molecular weight excluding hydrogens is 711 g/mol. The van der Waals surface area contributed by atoms with Crippen molar-refractivity contribution in [3.63, 3.8) is 0 Å². The van der Waals surface area contributed by atoms with E-state index in [1.165, 1.54) is 32.6 Å². The van der Waals surface area contributed by atoms with Crippen LogP contribution in [0.1, 0.15) is 79.9 Å². The van der Waals surface area contributed by atoms with Crippen molar-refractivity contribution < 1.29 is 43.6 Å². The fourth-order valence-corrected chi connectivity index (χ4v) is 3.95. The molecule has 10 heteroatoms. The molecule has 304 valence electrons. The molecule has 2 N–H and O–H groups in total. The Balaban J connectivity index is 0. The molecule has 0 spiro atoms. The van der Waals surface area contributed by atoms with Crippen LogP contribution in [-0.4, -0.2) is 70.8 Å².